The number of nitrogens with zero attached hydrogens (tertiary/aromatic N) is 1. The number of nitrogens with two attached hydrogens (primary N) is 1. The van der Waals surface area contributed by atoms with Crippen LogP contribution in [0.25, 0.3) is 0 Å². The van der Waals surface area contributed by atoms with Gasteiger partial charge in [0, 0.05) is 18.2 Å². The molecule has 0 saturated carbocycles. The average molecular weight is 228 g/mol. The maximum Gasteiger partial charge on any atom is 0.263 e. The summed E-state index contributed by atoms with van der Waals surface area (Å²) < 4.78 is 24.7. The third kappa shape index (κ3) is 3.00. The Kier molecular flexibility index (Phi) is 4.83. The zero-order valence-electron chi connectivity index (χ0n) is 9.66. The van der Waals surface area contributed by atoms with Crippen molar-refractivity contribution in [3.8, 4) is 0 Å². The molecule has 4 heteroatoms. The number of halogens is 2. The van der Waals surface area contributed by atoms with Crippen LogP contribution in [0.1, 0.15) is 30.5 Å². The molecule has 0 bridgehead atoms. The van der Waals surface area contributed by atoms with Crippen LogP contribution >= 0.6 is 0 Å². The van der Waals surface area contributed by atoms with E-state index < -0.39 is 6.43 Å². The smallest absolute Gasteiger partial charge is 0.263 e. The van der Waals surface area contributed by atoms with E-state index in [0.29, 0.717) is 6.54 Å². The van der Waals surface area contributed by atoms with Crippen LogP contribution < -0.4 is 5.73 Å². The predicted octanol–water partition coefficient (Wildman–Crippen LogP) is 2.58. The van der Waals surface area contributed by atoms with Crippen molar-refractivity contribution in [3.63, 3.8) is 0 Å². The molecule has 2 N–H and O–H groups in total. The fourth-order valence-electron chi connectivity index (χ4n) is 1.65. The molecule has 16 heavy (non-hydrogen) atoms. The molecule has 0 heterocycles. The highest BCUT2D eigenvalue weighted by Crippen LogP contribution is 2.23. The molecule has 0 aromatic heterocycles. The van der Waals surface area contributed by atoms with Gasteiger partial charge in [0.05, 0.1) is 0 Å². The van der Waals surface area contributed by atoms with Gasteiger partial charge in [0.1, 0.15) is 0 Å². The van der Waals surface area contributed by atoms with Crippen LogP contribution in [0.4, 0.5) is 8.78 Å². The number of alkyl halides is 2. The van der Waals surface area contributed by atoms with Crippen molar-refractivity contribution in [3.05, 3.63) is 35.4 Å². The van der Waals surface area contributed by atoms with Gasteiger partial charge in [-0.25, -0.2) is 8.78 Å². The minimum atomic E-state index is -2.41. The van der Waals surface area contributed by atoms with Gasteiger partial charge in [0.15, 0.2) is 0 Å². The first-order valence-corrected chi connectivity index (χ1v) is 5.38. The molecule has 1 atom stereocenters. The molecule has 0 fully saturated rings. The Morgan fingerprint density at radius 2 is 1.69 bits per heavy atom. The van der Waals surface area contributed by atoms with Crippen LogP contribution in [0.3, 0.4) is 0 Å². The van der Waals surface area contributed by atoms with E-state index in [2.05, 4.69) is 4.90 Å². The summed E-state index contributed by atoms with van der Waals surface area (Å²) in [5.41, 5.74) is 6.73. The third-order valence-corrected chi connectivity index (χ3v) is 2.83. The fourth-order valence-corrected chi connectivity index (χ4v) is 1.65. The van der Waals surface area contributed by atoms with Gasteiger partial charge in [-0.2, -0.15) is 0 Å². The summed E-state index contributed by atoms with van der Waals surface area (Å²) in [6, 6.07) is 6.48. The lowest BCUT2D eigenvalue weighted by atomic mass is 10.0. The lowest BCUT2D eigenvalue weighted by molar-refractivity contribution is 0.151. The summed E-state index contributed by atoms with van der Waals surface area (Å²) in [6.07, 6.45) is -2.41. The second-order valence-electron chi connectivity index (χ2n) is 3.79. The van der Waals surface area contributed by atoms with Gasteiger partial charge < -0.3 is 5.73 Å². The van der Waals surface area contributed by atoms with Crippen molar-refractivity contribution in [2.75, 3.05) is 20.1 Å². The zero-order valence-corrected chi connectivity index (χ0v) is 9.66. The SMILES string of the molecule is CCN(C)C(CN)c1ccc(C(F)F)cc1. The summed E-state index contributed by atoms with van der Waals surface area (Å²) in [4.78, 5) is 2.09. The Bertz CT molecular complexity index is 311. The molecule has 90 valence electrons. The Morgan fingerprint density at radius 3 is 2.06 bits per heavy atom. The average Bonchev–Trinajstić information content (AvgIpc) is 2.30. The lowest BCUT2D eigenvalue weighted by Crippen LogP contribution is -2.30. The first-order valence-electron chi connectivity index (χ1n) is 5.38. The molecular weight excluding hydrogens is 210 g/mol. The van der Waals surface area contributed by atoms with Gasteiger partial charge >= 0.3 is 0 Å². The molecule has 0 aliphatic rings. The van der Waals surface area contributed by atoms with Crippen molar-refractivity contribution >= 4 is 0 Å². The van der Waals surface area contributed by atoms with Crippen molar-refractivity contribution in [1.82, 2.24) is 4.90 Å². The molecular formula is C12H18F2N2. The minimum absolute atomic E-state index is 0.0543. The topological polar surface area (TPSA) is 29.3 Å². The fraction of sp³-hybridized carbons (Fsp3) is 0.500. The summed E-state index contributed by atoms with van der Waals surface area (Å²) in [6.45, 7) is 3.40. The lowest BCUT2D eigenvalue weighted by Gasteiger charge is -2.26. The summed E-state index contributed by atoms with van der Waals surface area (Å²) in [7, 11) is 1.97. The van der Waals surface area contributed by atoms with E-state index in [9.17, 15) is 8.78 Å². The van der Waals surface area contributed by atoms with E-state index >= 15 is 0 Å². The number of rotatable bonds is 5. The Morgan fingerprint density at radius 1 is 1.19 bits per heavy atom. The predicted molar refractivity (Wildman–Crippen MR) is 61.5 cm³/mol. The number of hydrogen-bond acceptors (Lipinski definition) is 2. The molecule has 0 aliphatic heterocycles. The molecule has 0 saturated heterocycles. The zero-order chi connectivity index (χ0) is 12.1. The highest BCUT2D eigenvalue weighted by molar-refractivity contribution is 5.26. The molecule has 1 aromatic carbocycles. The van der Waals surface area contributed by atoms with Gasteiger partial charge in [-0.05, 0) is 19.2 Å². The van der Waals surface area contributed by atoms with Crippen LogP contribution in [0.5, 0.6) is 0 Å². The number of hydrogen-bond donors (Lipinski definition) is 1. The largest absolute Gasteiger partial charge is 0.329 e. The molecule has 1 unspecified atom stereocenters. The van der Waals surface area contributed by atoms with Crippen LogP contribution in [0.2, 0.25) is 0 Å². The van der Waals surface area contributed by atoms with Crippen LogP contribution in [-0.4, -0.2) is 25.0 Å². The number of likely N-dealkylation sites (N-methyl/N-ethyl adjacent to an activating group) is 1. The van der Waals surface area contributed by atoms with Crippen molar-refractivity contribution in [1.29, 1.82) is 0 Å². The number of benzene rings is 1. The molecule has 1 rings (SSSR count). The van der Waals surface area contributed by atoms with Gasteiger partial charge in [-0.15, -0.1) is 0 Å². The molecule has 1 aromatic rings. The quantitative estimate of drug-likeness (QED) is 0.839. The van der Waals surface area contributed by atoms with Crippen molar-refractivity contribution in [2.24, 2.45) is 5.73 Å². The normalized spacial score (nSPS) is 13.4. The molecule has 0 radical (unpaired) electrons. The van der Waals surface area contributed by atoms with Crippen LogP contribution in [0, 0.1) is 0 Å². The van der Waals surface area contributed by atoms with E-state index in [1.54, 1.807) is 12.1 Å². The van der Waals surface area contributed by atoms with E-state index in [1.807, 2.05) is 14.0 Å². The second-order valence-corrected chi connectivity index (χ2v) is 3.79. The maximum absolute atomic E-state index is 12.4. The maximum atomic E-state index is 12.4. The molecule has 2 nitrogen and oxygen atoms in total. The second kappa shape index (κ2) is 5.92. The standard InChI is InChI=1S/C12H18F2N2/c1-3-16(2)11(8-15)9-4-6-10(7-5-9)12(13)14/h4-7,11-12H,3,8,15H2,1-2H3. The first-order chi connectivity index (χ1) is 7.60. The van der Waals surface area contributed by atoms with E-state index in [4.69, 9.17) is 5.73 Å². The van der Waals surface area contributed by atoms with Crippen molar-refractivity contribution in [2.45, 2.75) is 19.4 Å². The van der Waals surface area contributed by atoms with Gasteiger partial charge in [0.2, 0.25) is 0 Å². The van der Waals surface area contributed by atoms with Crippen LogP contribution in [-0.2, 0) is 0 Å². The summed E-state index contributed by atoms with van der Waals surface area (Å²) >= 11 is 0. The van der Waals surface area contributed by atoms with E-state index in [1.165, 1.54) is 12.1 Å². The van der Waals surface area contributed by atoms with Crippen molar-refractivity contribution < 1.29 is 8.78 Å². The monoisotopic (exact) mass is 228 g/mol. The van der Waals surface area contributed by atoms with Crippen LogP contribution in [0.15, 0.2) is 24.3 Å². The van der Waals surface area contributed by atoms with Gasteiger partial charge in [-0.1, -0.05) is 31.2 Å². The Hall–Kier alpha value is -1.00. The van der Waals surface area contributed by atoms with Gasteiger partial charge in [-0.3, -0.25) is 4.90 Å². The molecule has 0 aliphatic carbocycles. The molecule has 0 spiro atoms. The van der Waals surface area contributed by atoms with E-state index in [-0.39, 0.29) is 11.6 Å². The Labute approximate surface area is 95.1 Å². The third-order valence-electron chi connectivity index (χ3n) is 2.83. The Balaban J connectivity index is 2.86. The highest BCUT2D eigenvalue weighted by atomic mass is 19.3. The summed E-state index contributed by atoms with van der Waals surface area (Å²) in [5, 5.41) is 0. The minimum Gasteiger partial charge on any atom is -0.329 e. The summed E-state index contributed by atoms with van der Waals surface area (Å²) in [5.74, 6) is 0. The first kappa shape index (κ1) is 13.1. The van der Waals surface area contributed by atoms with E-state index in [0.717, 1.165) is 12.1 Å². The highest BCUT2D eigenvalue weighted by Gasteiger charge is 2.14. The molecule has 0 amide bonds. The van der Waals surface area contributed by atoms with Gasteiger partial charge in [0.25, 0.3) is 6.43 Å².